The summed E-state index contributed by atoms with van der Waals surface area (Å²) >= 11 is 6.96. The van der Waals surface area contributed by atoms with Crippen LogP contribution in [0, 0.1) is 21.0 Å². The first kappa shape index (κ1) is 14.6. The van der Waals surface area contributed by atoms with Gasteiger partial charge in [-0.05, 0) is 33.9 Å². The van der Waals surface area contributed by atoms with Gasteiger partial charge in [0.2, 0.25) is 0 Å². The Balaban J connectivity index is 2.19. The van der Waals surface area contributed by atoms with Crippen molar-refractivity contribution in [2.24, 2.45) is 0 Å². The molecule has 1 rings (SSSR count). The molecule has 0 radical (unpaired) electrons. The first-order valence-electron chi connectivity index (χ1n) is 5.47. The van der Waals surface area contributed by atoms with Crippen molar-refractivity contribution >= 4 is 47.0 Å². The monoisotopic (exact) mass is 288 g/mol. The van der Waals surface area contributed by atoms with E-state index in [1.165, 1.54) is 37.2 Å². The maximum atomic E-state index is 3.15. The van der Waals surface area contributed by atoms with Crippen molar-refractivity contribution in [3.8, 4) is 21.0 Å². The van der Waals surface area contributed by atoms with Crippen LogP contribution < -0.4 is 0 Å². The van der Waals surface area contributed by atoms with E-state index in [4.69, 9.17) is 0 Å². The van der Waals surface area contributed by atoms with Gasteiger partial charge in [-0.25, -0.2) is 0 Å². The molecule has 0 atom stereocenters. The van der Waals surface area contributed by atoms with E-state index in [0.29, 0.717) is 0 Å². The highest BCUT2D eigenvalue weighted by atomic mass is 32.2. The van der Waals surface area contributed by atoms with Crippen LogP contribution in [-0.2, 0) is 0 Å². The molecule has 0 N–H and O–H groups in total. The maximum Gasteiger partial charge on any atom is 0.0157 e. The summed E-state index contributed by atoms with van der Waals surface area (Å²) in [5.74, 6) is 4.54. The van der Waals surface area contributed by atoms with E-state index in [0.717, 1.165) is 11.5 Å². The molecule has 1 aliphatic heterocycles. The zero-order valence-electron chi connectivity index (χ0n) is 9.29. The lowest BCUT2D eigenvalue weighted by Gasteiger charge is -1.97. The van der Waals surface area contributed by atoms with Gasteiger partial charge in [0.1, 0.15) is 0 Å². The minimum atomic E-state index is 1.08. The van der Waals surface area contributed by atoms with Crippen LogP contribution in [0.25, 0.3) is 0 Å². The van der Waals surface area contributed by atoms with Crippen molar-refractivity contribution in [1.82, 2.24) is 0 Å². The lowest BCUT2D eigenvalue weighted by molar-refractivity contribution is 0.712. The first-order valence-corrected chi connectivity index (χ1v) is 9.41. The first-order chi connectivity index (χ1) is 8.00. The Kier molecular flexibility index (Phi) is 10.9. The molecule has 0 aromatic carbocycles. The van der Waals surface area contributed by atoms with Crippen LogP contribution in [0.3, 0.4) is 0 Å². The minimum absolute atomic E-state index is 1.08. The predicted octanol–water partition coefficient (Wildman–Crippen LogP) is 4.33. The zero-order chi connectivity index (χ0) is 11.3. The second-order valence-electron chi connectivity index (χ2n) is 3.22. The van der Waals surface area contributed by atoms with Gasteiger partial charge in [0.05, 0.1) is 0 Å². The molecule has 0 aromatic heterocycles. The molecule has 0 spiro atoms. The van der Waals surface area contributed by atoms with E-state index in [1.807, 2.05) is 0 Å². The van der Waals surface area contributed by atoms with Crippen molar-refractivity contribution in [3.63, 3.8) is 0 Å². The molecule has 0 saturated heterocycles. The summed E-state index contributed by atoms with van der Waals surface area (Å²) < 4.78 is 0. The van der Waals surface area contributed by atoms with Gasteiger partial charge in [0.15, 0.2) is 0 Å². The highest BCUT2D eigenvalue weighted by Crippen LogP contribution is 2.12. The lowest BCUT2D eigenvalue weighted by Crippen LogP contribution is -1.83. The molecular formula is C12H16S4. The van der Waals surface area contributed by atoms with Gasteiger partial charge < -0.3 is 0 Å². The van der Waals surface area contributed by atoms with Gasteiger partial charge in [0, 0.05) is 23.0 Å². The van der Waals surface area contributed by atoms with Crippen LogP contribution in [0.5, 0.6) is 0 Å². The van der Waals surface area contributed by atoms with Crippen molar-refractivity contribution in [1.29, 1.82) is 0 Å². The molecule has 0 amide bonds. The van der Waals surface area contributed by atoms with E-state index in [-0.39, 0.29) is 0 Å². The van der Waals surface area contributed by atoms with Crippen LogP contribution in [0.4, 0.5) is 0 Å². The molecule has 0 nitrogen and oxygen atoms in total. The average molecular weight is 289 g/mol. The number of hydrogen-bond acceptors (Lipinski definition) is 4. The summed E-state index contributed by atoms with van der Waals surface area (Å²) in [6.07, 6.45) is 5.28. The fourth-order valence-corrected chi connectivity index (χ4v) is 3.82. The summed E-state index contributed by atoms with van der Waals surface area (Å²) in [6, 6.07) is 0. The van der Waals surface area contributed by atoms with Gasteiger partial charge in [-0.2, -0.15) is 0 Å². The smallest absolute Gasteiger partial charge is 0.0157 e. The molecule has 0 fully saturated rings. The van der Waals surface area contributed by atoms with E-state index >= 15 is 0 Å². The Hall–Kier alpha value is 0.520. The highest BCUT2D eigenvalue weighted by molar-refractivity contribution is 8.09. The second-order valence-corrected chi connectivity index (χ2v) is 6.82. The Labute approximate surface area is 116 Å². The number of thioether (sulfide) groups is 4. The molecule has 0 aliphatic carbocycles. The summed E-state index contributed by atoms with van der Waals surface area (Å²) in [6.45, 7) is 0. The van der Waals surface area contributed by atoms with Gasteiger partial charge >= 0.3 is 0 Å². The molecule has 1 heterocycles. The van der Waals surface area contributed by atoms with Crippen LogP contribution in [0.15, 0.2) is 0 Å². The van der Waals surface area contributed by atoms with Gasteiger partial charge in [-0.3, -0.25) is 0 Å². The number of rotatable bonds is 0. The third-order valence-electron chi connectivity index (χ3n) is 1.90. The highest BCUT2D eigenvalue weighted by Gasteiger charge is 1.91. The Morgan fingerprint density at radius 3 is 1.25 bits per heavy atom. The van der Waals surface area contributed by atoms with Crippen molar-refractivity contribution in [2.45, 2.75) is 25.7 Å². The fourth-order valence-electron chi connectivity index (χ4n) is 1.11. The Morgan fingerprint density at radius 1 is 0.438 bits per heavy atom. The second kappa shape index (κ2) is 12.0. The van der Waals surface area contributed by atoms with Crippen molar-refractivity contribution in [3.05, 3.63) is 0 Å². The van der Waals surface area contributed by atoms with E-state index < -0.39 is 0 Å². The summed E-state index contributed by atoms with van der Waals surface area (Å²) in [7, 11) is 0. The Morgan fingerprint density at radius 2 is 0.812 bits per heavy atom. The molecular weight excluding hydrogens is 272 g/mol. The molecule has 16 heavy (non-hydrogen) atoms. The SMILES string of the molecule is C1#CSCCSC#CSCCCCCCS1. The van der Waals surface area contributed by atoms with Crippen LogP contribution in [0.2, 0.25) is 0 Å². The van der Waals surface area contributed by atoms with Gasteiger partial charge in [0.25, 0.3) is 0 Å². The summed E-state index contributed by atoms with van der Waals surface area (Å²) in [4.78, 5) is 0. The molecule has 0 bridgehead atoms. The predicted molar refractivity (Wildman–Crippen MR) is 83.9 cm³/mol. The van der Waals surface area contributed by atoms with Gasteiger partial charge in [-0.15, -0.1) is 0 Å². The standard InChI is InChI=1S/C12H16S4/c1-2-4-6-14-8-10-16-12-11-15-9-7-13-5-3-1/h1-6,11-12H2. The lowest BCUT2D eigenvalue weighted by atomic mass is 10.2. The quantitative estimate of drug-likeness (QED) is 0.608. The van der Waals surface area contributed by atoms with E-state index in [2.05, 4.69) is 21.0 Å². The molecule has 88 valence electrons. The molecule has 0 aromatic rings. The van der Waals surface area contributed by atoms with Crippen molar-refractivity contribution in [2.75, 3.05) is 23.0 Å². The molecule has 0 unspecified atom stereocenters. The normalized spacial score (nSPS) is 20.0. The molecule has 0 saturated carbocycles. The third kappa shape index (κ3) is 9.73. The van der Waals surface area contributed by atoms with Crippen LogP contribution in [0.1, 0.15) is 25.7 Å². The molecule has 1 aliphatic rings. The van der Waals surface area contributed by atoms with Crippen LogP contribution in [-0.4, -0.2) is 23.0 Å². The van der Waals surface area contributed by atoms with E-state index in [9.17, 15) is 0 Å². The van der Waals surface area contributed by atoms with Crippen molar-refractivity contribution < 1.29 is 0 Å². The summed E-state index contributed by atoms with van der Waals surface area (Å²) in [5.41, 5.74) is 0. The fraction of sp³-hybridized carbons (Fsp3) is 0.667. The van der Waals surface area contributed by atoms with Crippen LogP contribution >= 0.6 is 47.0 Å². The maximum absolute atomic E-state index is 3.15. The Bertz CT molecular complexity index is 249. The zero-order valence-corrected chi connectivity index (χ0v) is 12.6. The molecule has 4 heteroatoms. The third-order valence-corrected chi connectivity index (χ3v) is 5.21. The minimum Gasteiger partial charge on any atom is -0.0742 e. The average Bonchev–Trinajstić information content (AvgIpc) is 2.29. The largest absolute Gasteiger partial charge is 0.0742 e. The van der Waals surface area contributed by atoms with E-state index in [1.54, 1.807) is 47.0 Å². The van der Waals surface area contributed by atoms with Gasteiger partial charge in [-0.1, -0.05) is 59.9 Å². The number of hydrogen-bond donors (Lipinski definition) is 0. The summed E-state index contributed by atoms with van der Waals surface area (Å²) in [5, 5.41) is 12.6. The topological polar surface area (TPSA) is 0 Å².